The molecule has 0 unspecified atom stereocenters. The molecule has 4 rings (SSSR count). The quantitative estimate of drug-likeness (QED) is 0.460. The Morgan fingerprint density at radius 2 is 1.82 bits per heavy atom. The van der Waals surface area contributed by atoms with E-state index in [9.17, 15) is 22.8 Å². The molecule has 1 aliphatic heterocycles. The predicted octanol–water partition coefficient (Wildman–Crippen LogP) is 4.78. The van der Waals surface area contributed by atoms with E-state index in [0.717, 1.165) is 36.4 Å². The minimum Gasteiger partial charge on any atom is -0.352 e. The van der Waals surface area contributed by atoms with Crippen LogP contribution in [0.25, 0.3) is 0 Å². The van der Waals surface area contributed by atoms with Crippen LogP contribution in [0.1, 0.15) is 67.8 Å². The van der Waals surface area contributed by atoms with Crippen LogP contribution in [-0.4, -0.2) is 54.0 Å². The lowest BCUT2D eigenvalue weighted by Gasteiger charge is -2.31. The fraction of sp³-hybridized carbons (Fsp3) is 0.444. The van der Waals surface area contributed by atoms with Crippen molar-refractivity contribution in [2.24, 2.45) is 0 Å². The smallest absolute Gasteiger partial charge is 0.269 e. The van der Waals surface area contributed by atoms with Gasteiger partial charge in [0.1, 0.15) is 10.9 Å². The molecule has 1 fully saturated rings. The summed E-state index contributed by atoms with van der Waals surface area (Å²) in [6, 6.07) is 10.3. The lowest BCUT2D eigenvalue weighted by atomic mass is 9.95. The predicted molar refractivity (Wildman–Crippen MR) is 145 cm³/mol. The van der Waals surface area contributed by atoms with Crippen molar-refractivity contribution in [2.75, 3.05) is 6.54 Å². The zero-order chi connectivity index (χ0) is 27.4. The van der Waals surface area contributed by atoms with E-state index in [-0.39, 0.29) is 54.2 Å². The first-order valence-electron chi connectivity index (χ1n) is 12.8. The Kier molecular flexibility index (Phi) is 9.00. The highest BCUT2D eigenvalue weighted by Crippen LogP contribution is 2.30. The Hall–Kier alpha value is -2.62. The summed E-state index contributed by atoms with van der Waals surface area (Å²) in [5.41, 5.74) is 0.764. The standard InChI is InChI=1S/C27H31Cl2N3O5S/c1-18(26(34)30-21-8-3-2-4-9-21)31(17-19-13-14-20(28)16-23(19)29)25(33)12-7-15-32-27(35)22-10-5-6-11-24(22)38(32,36)37/h5-6,10-11,13-14,16,18,21H,2-4,7-9,12,15,17H2,1H3,(H,30,34)/t18-/m0/s1. The number of hydrogen-bond donors (Lipinski definition) is 1. The number of fused-ring (bicyclic) bond motifs is 1. The molecule has 2 aromatic carbocycles. The molecule has 3 amide bonds. The second kappa shape index (κ2) is 12.1. The highest BCUT2D eigenvalue weighted by atomic mass is 35.5. The van der Waals surface area contributed by atoms with Crippen molar-refractivity contribution in [1.29, 1.82) is 0 Å². The third-order valence-corrected chi connectivity index (χ3v) is 9.57. The number of hydrogen-bond acceptors (Lipinski definition) is 5. The fourth-order valence-electron chi connectivity index (χ4n) is 4.95. The Bertz CT molecular complexity index is 1330. The Morgan fingerprint density at radius 3 is 2.50 bits per heavy atom. The normalized spacial score (nSPS) is 17.7. The van der Waals surface area contributed by atoms with Gasteiger partial charge in [-0.3, -0.25) is 14.4 Å². The summed E-state index contributed by atoms with van der Waals surface area (Å²) >= 11 is 12.4. The number of sulfonamides is 1. The number of benzene rings is 2. The SMILES string of the molecule is C[C@@H](C(=O)NC1CCCCC1)N(Cc1ccc(Cl)cc1Cl)C(=O)CCCN1C(=O)c2ccccc2S1(=O)=O. The molecule has 0 radical (unpaired) electrons. The molecule has 38 heavy (non-hydrogen) atoms. The van der Waals surface area contributed by atoms with Crippen LogP contribution in [0.4, 0.5) is 0 Å². The molecule has 2 aromatic rings. The number of carbonyl (C=O) groups is 3. The van der Waals surface area contributed by atoms with Gasteiger partial charge in [-0.1, -0.05) is 60.7 Å². The van der Waals surface area contributed by atoms with Crippen LogP contribution in [0.3, 0.4) is 0 Å². The molecule has 1 N–H and O–H groups in total. The lowest BCUT2D eigenvalue weighted by molar-refractivity contribution is -0.141. The van der Waals surface area contributed by atoms with Crippen molar-refractivity contribution in [1.82, 2.24) is 14.5 Å². The summed E-state index contributed by atoms with van der Waals surface area (Å²) in [7, 11) is -3.95. The number of rotatable bonds is 9. The van der Waals surface area contributed by atoms with Crippen molar-refractivity contribution in [3.63, 3.8) is 0 Å². The highest BCUT2D eigenvalue weighted by Gasteiger charge is 2.40. The van der Waals surface area contributed by atoms with Crippen LogP contribution in [0, 0.1) is 0 Å². The van der Waals surface area contributed by atoms with Gasteiger partial charge in [0.05, 0.1) is 5.56 Å². The molecule has 0 saturated heterocycles. The molecule has 8 nitrogen and oxygen atoms in total. The number of nitrogens with one attached hydrogen (secondary N) is 1. The first-order chi connectivity index (χ1) is 18.1. The molecule has 1 saturated carbocycles. The third-order valence-electron chi connectivity index (χ3n) is 7.14. The maximum absolute atomic E-state index is 13.4. The molecule has 11 heteroatoms. The van der Waals surface area contributed by atoms with Crippen LogP contribution in [0.5, 0.6) is 0 Å². The van der Waals surface area contributed by atoms with Crippen molar-refractivity contribution in [3.05, 3.63) is 63.6 Å². The second-order valence-corrected chi connectivity index (χ2v) is 12.4. The van der Waals surface area contributed by atoms with Crippen LogP contribution in [0.15, 0.2) is 47.4 Å². The van der Waals surface area contributed by atoms with Gasteiger partial charge in [0.2, 0.25) is 11.8 Å². The van der Waals surface area contributed by atoms with Gasteiger partial charge >= 0.3 is 0 Å². The summed E-state index contributed by atoms with van der Waals surface area (Å²) in [4.78, 5) is 40.7. The Balaban J connectivity index is 1.46. The van der Waals surface area contributed by atoms with Gasteiger partial charge in [0.15, 0.2) is 0 Å². The molecular weight excluding hydrogens is 549 g/mol. The molecule has 1 heterocycles. The number of carbonyl (C=O) groups excluding carboxylic acids is 3. The molecule has 2 aliphatic rings. The topological polar surface area (TPSA) is 104 Å². The minimum absolute atomic E-state index is 0.0247. The zero-order valence-electron chi connectivity index (χ0n) is 21.2. The maximum Gasteiger partial charge on any atom is 0.269 e. The molecular formula is C27H31Cl2N3O5S. The van der Waals surface area contributed by atoms with Gasteiger partial charge in [-0.15, -0.1) is 0 Å². The minimum atomic E-state index is -3.95. The van der Waals surface area contributed by atoms with E-state index in [1.807, 2.05) is 0 Å². The number of halogens is 2. The van der Waals surface area contributed by atoms with E-state index in [1.165, 1.54) is 17.0 Å². The van der Waals surface area contributed by atoms with E-state index in [4.69, 9.17) is 23.2 Å². The van der Waals surface area contributed by atoms with Gasteiger partial charge in [-0.05, 0) is 56.0 Å². The maximum atomic E-state index is 13.4. The van der Waals surface area contributed by atoms with E-state index in [2.05, 4.69) is 5.32 Å². The van der Waals surface area contributed by atoms with Gasteiger partial charge in [0.25, 0.3) is 15.9 Å². The van der Waals surface area contributed by atoms with Gasteiger partial charge in [0, 0.05) is 35.6 Å². The third kappa shape index (κ3) is 6.16. The molecule has 1 atom stereocenters. The summed E-state index contributed by atoms with van der Waals surface area (Å²) in [6.07, 6.45) is 5.16. The lowest BCUT2D eigenvalue weighted by Crippen LogP contribution is -2.50. The van der Waals surface area contributed by atoms with Crippen LogP contribution >= 0.6 is 23.2 Å². The molecule has 0 spiro atoms. The van der Waals surface area contributed by atoms with Gasteiger partial charge < -0.3 is 10.2 Å². The average Bonchev–Trinajstić information content (AvgIpc) is 3.09. The van der Waals surface area contributed by atoms with Crippen molar-refractivity contribution in [2.45, 2.75) is 75.4 Å². The van der Waals surface area contributed by atoms with Crippen molar-refractivity contribution < 1.29 is 22.8 Å². The molecule has 0 bridgehead atoms. The molecule has 204 valence electrons. The monoisotopic (exact) mass is 579 g/mol. The summed E-state index contributed by atoms with van der Waals surface area (Å²) in [5.74, 6) is -1.19. The Labute approximate surface area is 233 Å². The van der Waals surface area contributed by atoms with E-state index >= 15 is 0 Å². The second-order valence-electron chi connectivity index (χ2n) is 9.76. The van der Waals surface area contributed by atoms with E-state index in [0.29, 0.717) is 15.6 Å². The van der Waals surface area contributed by atoms with E-state index in [1.54, 1.807) is 37.3 Å². The van der Waals surface area contributed by atoms with Gasteiger partial charge in [-0.25, -0.2) is 12.7 Å². The molecule has 0 aromatic heterocycles. The average molecular weight is 581 g/mol. The van der Waals surface area contributed by atoms with Crippen LogP contribution < -0.4 is 5.32 Å². The zero-order valence-corrected chi connectivity index (χ0v) is 23.5. The number of amides is 3. The van der Waals surface area contributed by atoms with Crippen LogP contribution in [0.2, 0.25) is 10.0 Å². The molecule has 1 aliphatic carbocycles. The number of nitrogens with zero attached hydrogens (tertiary/aromatic N) is 2. The first-order valence-corrected chi connectivity index (χ1v) is 15.0. The highest BCUT2D eigenvalue weighted by molar-refractivity contribution is 7.90. The summed E-state index contributed by atoms with van der Waals surface area (Å²) in [5, 5.41) is 3.90. The van der Waals surface area contributed by atoms with Gasteiger partial charge in [-0.2, -0.15) is 0 Å². The fourth-order valence-corrected chi connectivity index (χ4v) is 7.03. The van der Waals surface area contributed by atoms with E-state index < -0.39 is 22.0 Å². The summed E-state index contributed by atoms with van der Waals surface area (Å²) in [6.45, 7) is 1.62. The van der Waals surface area contributed by atoms with Crippen LogP contribution in [-0.2, 0) is 26.2 Å². The van der Waals surface area contributed by atoms with Crippen molar-refractivity contribution in [3.8, 4) is 0 Å². The Morgan fingerprint density at radius 1 is 1.11 bits per heavy atom. The van der Waals surface area contributed by atoms with Crippen molar-refractivity contribution >= 4 is 50.9 Å². The first kappa shape index (κ1) is 28.4. The summed E-state index contributed by atoms with van der Waals surface area (Å²) < 4.78 is 26.5. The largest absolute Gasteiger partial charge is 0.352 e.